The maximum Gasteiger partial charge on any atom is 0.238 e. The second kappa shape index (κ2) is 9.19. The minimum Gasteiger partial charge on any atom is -0.396 e. The number of hydrogen-bond acceptors (Lipinski definition) is 3. The van der Waals surface area contributed by atoms with E-state index >= 15 is 0 Å². The summed E-state index contributed by atoms with van der Waals surface area (Å²) in [7, 11) is 0. The highest BCUT2D eigenvalue weighted by molar-refractivity contribution is 6.39. The number of amides is 1. The van der Waals surface area contributed by atoms with Gasteiger partial charge in [-0.25, -0.2) is 0 Å². The van der Waals surface area contributed by atoms with Crippen molar-refractivity contribution in [2.75, 3.05) is 25.0 Å². The number of benzene rings is 1. The molecule has 0 spiro atoms. The summed E-state index contributed by atoms with van der Waals surface area (Å²) >= 11 is 11.9. The second-order valence-electron chi connectivity index (χ2n) is 4.75. The Morgan fingerprint density at radius 2 is 2.00 bits per heavy atom. The molecule has 1 unspecified atom stereocenters. The number of carbonyl (C=O) groups excluding carboxylic acids is 1. The van der Waals surface area contributed by atoms with Crippen LogP contribution in [-0.2, 0) is 4.79 Å². The molecular formula is C14H20Cl2N2O2. The van der Waals surface area contributed by atoms with Gasteiger partial charge in [0.05, 0.1) is 22.3 Å². The zero-order valence-corrected chi connectivity index (χ0v) is 13.0. The van der Waals surface area contributed by atoms with E-state index in [9.17, 15) is 4.79 Å². The van der Waals surface area contributed by atoms with Crippen LogP contribution < -0.4 is 10.6 Å². The molecule has 0 aliphatic rings. The van der Waals surface area contributed by atoms with Gasteiger partial charge in [0.15, 0.2) is 0 Å². The molecule has 1 aromatic carbocycles. The standard InChI is InChI=1S/C14H20Cl2N2O2/c1-10(9-19)4-3-7-17-8-13(20)18-14-11(15)5-2-6-12(14)16/h2,5-6,10,17,19H,3-4,7-9H2,1H3,(H,18,20). The van der Waals surface area contributed by atoms with E-state index in [0.717, 1.165) is 19.4 Å². The van der Waals surface area contributed by atoms with Crippen LogP contribution in [0.2, 0.25) is 10.0 Å². The van der Waals surface area contributed by atoms with Crippen molar-refractivity contribution < 1.29 is 9.90 Å². The van der Waals surface area contributed by atoms with E-state index in [0.29, 0.717) is 21.7 Å². The van der Waals surface area contributed by atoms with Crippen molar-refractivity contribution >= 4 is 34.8 Å². The van der Waals surface area contributed by atoms with Crippen molar-refractivity contribution in [3.05, 3.63) is 28.2 Å². The van der Waals surface area contributed by atoms with Crippen molar-refractivity contribution in [2.24, 2.45) is 5.92 Å². The lowest BCUT2D eigenvalue weighted by Gasteiger charge is -2.10. The first-order valence-corrected chi connectivity index (χ1v) is 7.35. The van der Waals surface area contributed by atoms with E-state index in [-0.39, 0.29) is 19.1 Å². The number of nitrogens with one attached hydrogen (secondary N) is 2. The topological polar surface area (TPSA) is 61.4 Å². The third-order valence-corrected chi connectivity index (χ3v) is 3.50. The van der Waals surface area contributed by atoms with Crippen molar-refractivity contribution in [2.45, 2.75) is 19.8 Å². The van der Waals surface area contributed by atoms with E-state index in [2.05, 4.69) is 10.6 Å². The number of aliphatic hydroxyl groups excluding tert-OH is 1. The Labute approximate surface area is 129 Å². The Morgan fingerprint density at radius 1 is 1.35 bits per heavy atom. The van der Waals surface area contributed by atoms with Gasteiger partial charge in [-0.15, -0.1) is 0 Å². The molecule has 0 saturated carbocycles. The molecule has 1 aromatic rings. The Kier molecular flexibility index (Phi) is 7.92. The highest BCUT2D eigenvalue weighted by atomic mass is 35.5. The van der Waals surface area contributed by atoms with Crippen molar-refractivity contribution in [1.29, 1.82) is 0 Å². The van der Waals surface area contributed by atoms with Gasteiger partial charge < -0.3 is 15.7 Å². The van der Waals surface area contributed by atoms with Crippen LogP contribution in [0, 0.1) is 5.92 Å². The Balaban J connectivity index is 2.27. The third kappa shape index (κ3) is 6.09. The van der Waals surface area contributed by atoms with Gasteiger partial charge in [-0.1, -0.05) is 36.2 Å². The average molecular weight is 319 g/mol. The molecule has 20 heavy (non-hydrogen) atoms. The highest BCUT2D eigenvalue weighted by Gasteiger charge is 2.09. The molecule has 0 heterocycles. The predicted octanol–water partition coefficient (Wildman–Crippen LogP) is 2.93. The molecule has 0 aromatic heterocycles. The first kappa shape index (κ1) is 17.2. The normalized spacial score (nSPS) is 12.2. The molecule has 0 aliphatic heterocycles. The minimum atomic E-state index is -0.185. The minimum absolute atomic E-state index is 0.185. The molecule has 6 heteroatoms. The molecule has 112 valence electrons. The van der Waals surface area contributed by atoms with Crippen molar-refractivity contribution in [3.63, 3.8) is 0 Å². The van der Waals surface area contributed by atoms with Gasteiger partial charge in [-0.2, -0.15) is 0 Å². The predicted molar refractivity (Wildman–Crippen MR) is 83.4 cm³/mol. The number of rotatable bonds is 8. The quantitative estimate of drug-likeness (QED) is 0.646. The lowest BCUT2D eigenvalue weighted by molar-refractivity contribution is -0.115. The molecule has 0 bridgehead atoms. The fraction of sp³-hybridized carbons (Fsp3) is 0.500. The van der Waals surface area contributed by atoms with Gasteiger partial charge in [0, 0.05) is 6.61 Å². The number of halogens is 2. The number of aliphatic hydroxyl groups is 1. The van der Waals surface area contributed by atoms with Crippen LogP contribution >= 0.6 is 23.2 Å². The lowest BCUT2D eigenvalue weighted by atomic mass is 10.1. The Bertz CT molecular complexity index is 421. The zero-order valence-electron chi connectivity index (χ0n) is 11.5. The molecule has 0 radical (unpaired) electrons. The molecule has 0 aliphatic carbocycles. The molecule has 4 nitrogen and oxygen atoms in total. The van der Waals surface area contributed by atoms with E-state index in [1.54, 1.807) is 18.2 Å². The van der Waals surface area contributed by atoms with E-state index in [4.69, 9.17) is 28.3 Å². The summed E-state index contributed by atoms with van der Waals surface area (Å²) in [5.74, 6) is 0.114. The average Bonchev–Trinajstić information content (AvgIpc) is 2.42. The van der Waals surface area contributed by atoms with Crippen LogP contribution in [0.1, 0.15) is 19.8 Å². The number of carbonyl (C=O) groups is 1. The van der Waals surface area contributed by atoms with Crippen LogP contribution in [0.15, 0.2) is 18.2 Å². The van der Waals surface area contributed by atoms with Crippen LogP contribution in [0.5, 0.6) is 0 Å². The van der Waals surface area contributed by atoms with Gasteiger partial charge in [-0.05, 0) is 37.4 Å². The number of hydrogen-bond donors (Lipinski definition) is 3. The van der Waals surface area contributed by atoms with E-state index < -0.39 is 0 Å². The summed E-state index contributed by atoms with van der Waals surface area (Å²) in [4.78, 5) is 11.7. The molecule has 3 N–H and O–H groups in total. The summed E-state index contributed by atoms with van der Waals surface area (Å²) in [5, 5.41) is 15.5. The van der Waals surface area contributed by atoms with Crippen LogP contribution in [0.3, 0.4) is 0 Å². The largest absolute Gasteiger partial charge is 0.396 e. The number of para-hydroxylation sites is 1. The molecule has 1 amide bonds. The highest BCUT2D eigenvalue weighted by Crippen LogP contribution is 2.29. The van der Waals surface area contributed by atoms with E-state index in [1.165, 1.54) is 0 Å². The van der Waals surface area contributed by atoms with Gasteiger partial charge in [0.25, 0.3) is 0 Å². The van der Waals surface area contributed by atoms with Crippen LogP contribution in [0.25, 0.3) is 0 Å². The smallest absolute Gasteiger partial charge is 0.238 e. The van der Waals surface area contributed by atoms with Crippen molar-refractivity contribution in [3.8, 4) is 0 Å². The van der Waals surface area contributed by atoms with Gasteiger partial charge >= 0.3 is 0 Å². The first-order valence-electron chi connectivity index (χ1n) is 6.60. The zero-order chi connectivity index (χ0) is 15.0. The van der Waals surface area contributed by atoms with Crippen LogP contribution in [-0.4, -0.2) is 30.7 Å². The number of anilines is 1. The molecular weight excluding hydrogens is 299 g/mol. The SMILES string of the molecule is CC(CO)CCCNCC(=O)Nc1c(Cl)cccc1Cl. The van der Waals surface area contributed by atoms with Gasteiger partial charge in [0.2, 0.25) is 5.91 Å². The second-order valence-corrected chi connectivity index (χ2v) is 5.57. The molecule has 1 atom stereocenters. The fourth-order valence-electron chi connectivity index (χ4n) is 1.67. The monoisotopic (exact) mass is 318 g/mol. The van der Waals surface area contributed by atoms with Crippen molar-refractivity contribution in [1.82, 2.24) is 5.32 Å². The van der Waals surface area contributed by atoms with Gasteiger partial charge in [-0.3, -0.25) is 4.79 Å². The summed E-state index contributed by atoms with van der Waals surface area (Å²) in [6, 6.07) is 5.07. The Morgan fingerprint density at radius 3 is 2.60 bits per heavy atom. The summed E-state index contributed by atoms with van der Waals surface area (Å²) in [6.45, 7) is 3.13. The molecule has 1 rings (SSSR count). The summed E-state index contributed by atoms with van der Waals surface area (Å²) in [5.41, 5.74) is 0.441. The first-order chi connectivity index (χ1) is 9.54. The molecule has 0 fully saturated rings. The summed E-state index contributed by atoms with van der Waals surface area (Å²) < 4.78 is 0. The summed E-state index contributed by atoms with van der Waals surface area (Å²) in [6.07, 6.45) is 1.85. The maximum atomic E-state index is 11.7. The lowest BCUT2D eigenvalue weighted by Crippen LogP contribution is -2.29. The molecule has 0 saturated heterocycles. The van der Waals surface area contributed by atoms with E-state index in [1.807, 2.05) is 6.92 Å². The van der Waals surface area contributed by atoms with Crippen LogP contribution in [0.4, 0.5) is 5.69 Å². The maximum absolute atomic E-state index is 11.7. The fourth-order valence-corrected chi connectivity index (χ4v) is 2.16. The Hall–Kier alpha value is -0.810. The third-order valence-electron chi connectivity index (χ3n) is 2.87. The van der Waals surface area contributed by atoms with Gasteiger partial charge in [0.1, 0.15) is 0 Å².